The number of phenols is 1. The first-order valence-corrected chi connectivity index (χ1v) is 27.3. The number of aromatic nitrogens is 2. The minimum atomic E-state index is -1.42. The van der Waals surface area contributed by atoms with Crippen LogP contribution in [0.3, 0.4) is 0 Å². The Balaban J connectivity index is 1.88. The van der Waals surface area contributed by atoms with Gasteiger partial charge in [-0.3, -0.25) is 48.6 Å². The standard InChI is InChI=1S/C53H87N15O10/c1-5-46(71)62-42(29-34-18-20-36(69)21-19-34)51(76)65-39(22-23-45(58)70)49(74)64-37(13-8-10-24-54)47(72)63-38(14-9-11-25-55)48(73)67-41(27-32(2)3)50(75)66-40(15-6-7-17-44(56)57)53(78)68-26-12-16-43(68)52(77)61-33(4)28-35-30-59-31-60-35/h18-21,30-33,37-43,69H,5-17,22-29,54-55H2,1-4H3,(H3,56,57)(H2,58,70)(H,59,60)(H,61,77)(H,62,71)(H,63,72)(H,64,74)(H,65,76)(H,66,75)(H,67,73)/t33-,37+,38+,39+,40+,41+,42+,43+/m1/s1. The number of likely N-dealkylation sites (tertiary alicyclic amines) is 1. The van der Waals surface area contributed by atoms with Gasteiger partial charge in [-0.1, -0.05) is 39.3 Å². The molecule has 0 spiro atoms. The predicted molar refractivity (Wildman–Crippen MR) is 292 cm³/mol. The highest BCUT2D eigenvalue weighted by atomic mass is 16.3. The van der Waals surface area contributed by atoms with E-state index in [0.29, 0.717) is 63.4 Å². The summed E-state index contributed by atoms with van der Waals surface area (Å²) >= 11 is 0. The average molecular weight is 1090 g/mol. The molecule has 1 aliphatic rings. The molecule has 0 bridgehead atoms. The van der Waals surface area contributed by atoms with Crippen LogP contribution in [0.2, 0.25) is 0 Å². The van der Waals surface area contributed by atoms with Crippen molar-refractivity contribution >= 4 is 59.0 Å². The van der Waals surface area contributed by atoms with Gasteiger partial charge in [-0.15, -0.1) is 0 Å². The fourth-order valence-electron chi connectivity index (χ4n) is 9.06. The molecule has 25 heteroatoms. The molecular formula is C53H87N15O10. The fraction of sp³-hybridized carbons (Fsp3) is 0.642. The number of hydrogen-bond donors (Lipinski definition) is 14. The molecule has 0 aliphatic carbocycles. The summed E-state index contributed by atoms with van der Waals surface area (Å²) in [7, 11) is 0. The lowest BCUT2D eigenvalue weighted by Gasteiger charge is -2.31. The van der Waals surface area contributed by atoms with Gasteiger partial charge in [0, 0.05) is 56.6 Å². The van der Waals surface area contributed by atoms with E-state index in [9.17, 15) is 48.3 Å². The van der Waals surface area contributed by atoms with Gasteiger partial charge >= 0.3 is 0 Å². The van der Waals surface area contributed by atoms with Gasteiger partial charge in [0.25, 0.3) is 0 Å². The quantitative estimate of drug-likeness (QED) is 0.0237. The van der Waals surface area contributed by atoms with Gasteiger partial charge in [-0.2, -0.15) is 0 Å². The molecule has 0 saturated carbocycles. The zero-order valence-corrected chi connectivity index (χ0v) is 45.8. The largest absolute Gasteiger partial charge is 0.508 e. The van der Waals surface area contributed by atoms with E-state index in [1.807, 2.05) is 20.8 Å². The highest BCUT2D eigenvalue weighted by Crippen LogP contribution is 2.22. The van der Waals surface area contributed by atoms with Crippen molar-refractivity contribution in [1.29, 1.82) is 5.41 Å². The van der Waals surface area contributed by atoms with Crippen LogP contribution in [-0.4, -0.2) is 147 Å². The molecule has 8 atom stereocenters. The van der Waals surface area contributed by atoms with Crippen molar-refractivity contribution < 1.29 is 48.3 Å². The van der Waals surface area contributed by atoms with Gasteiger partial charge in [-0.05, 0) is 121 Å². The van der Waals surface area contributed by atoms with Crippen molar-refractivity contribution in [2.75, 3.05) is 19.6 Å². The number of amidine groups is 1. The van der Waals surface area contributed by atoms with Crippen LogP contribution in [0.15, 0.2) is 36.8 Å². The third-order valence-electron chi connectivity index (χ3n) is 13.3. The van der Waals surface area contributed by atoms with E-state index in [0.717, 1.165) is 5.69 Å². The number of carbonyl (C=O) groups excluding carboxylic acids is 9. The molecule has 78 heavy (non-hydrogen) atoms. The summed E-state index contributed by atoms with van der Waals surface area (Å²) in [6.07, 6.45) is 7.30. The maximum atomic E-state index is 14.5. The number of imidazole rings is 1. The van der Waals surface area contributed by atoms with E-state index in [-0.39, 0.29) is 107 Å². The lowest BCUT2D eigenvalue weighted by molar-refractivity contribution is -0.142. The first-order valence-electron chi connectivity index (χ1n) is 27.3. The van der Waals surface area contributed by atoms with E-state index in [2.05, 4.69) is 47.2 Å². The maximum absolute atomic E-state index is 14.5. The molecule has 434 valence electrons. The molecule has 1 fully saturated rings. The second-order valence-corrected chi connectivity index (χ2v) is 20.5. The topological polar surface area (TPSA) is 418 Å². The van der Waals surface area contributed by atoms with E-state index < -0.39 is 89.6 Å². The van der Waals surface area contributed by atoms with Gasteiger partial charge in [0.15, 0.2) is 0 Å². The molecule has 1 saturated heterocycles. The van der Waals surface area contributed by atoms with Crippen LogP contribution in [0.25, 0.3) is 0 Å². The Morgan fingerprint density at radius 1 is 0.679 bits per heavy atom. The van der Waals surface area contributed by atoms with E-state index in [1.165, 1.54) is 17.0 Å². The van der Waals surface area contributed by atoms with Gasteiger partial charge in [0.2, 0.25) is 53.2 Å². The Morgan fingerprint density at radius 3 is 1.73 bits per heavy atom. The highest BCUT2D eigenvalue weighted by molar-refractivity contribution is 5.98. The lowest BCUT2D eigenvalue weighted by atomic mass is 10.00. The van der Waals surface area contributed by atoms with Crippen LogP contribution in [0, 0.1) is 11.3 Å². The van der Waals surface area contributed by atoms with Crippen molar-refractivity contribution in [2.24, 2.45) is 28.9 Å². The first kappa shape index (κ1) is 65.1. The third kappa shape index (κ3) is 23.6. The SMILES string of the molecule is CCC(=O)N[C@@H](Cc1ccc(O)cc1)C(=O)N[C@@H](CCC(N)=O)C(=O)N[C@@H](CCCCN)C(=O)N[C@@H](CCCCN)C(=O)N[C@@H](CC(C)C)C(=O)N[C@@H](CCCCC(=N)N)C(=O)N1CCC[C@H]1C(=O)N[C@H](C)Cc1cnc[nH]1. The number of amides is 9. The number of phenolic OH excluding ortho intramolecular Hbond substituents is 1. The number of hydrogen-bond acceptors (Lipinski definition) is 14. The Hall–Kier alpha value is -7.15. The molecule has 1 aliphatic heterocycles. The molecular weight excluding hydrogens is 1010 g/mol. The number of nitrogens with one attached hydrogen (secondary N) is 9. The Bertz CT molecular complexity index is 2260. The van der Waals surface area contributed by atoms with Crippen molar-refractivity contribution in [2.45, 2.75) is 192 Å². The summed E-state index contributed by atoms with van der Waals surface area (Å²) < 4.78 is 0. The summed E-state index contributed by atoms with van der Waals surface area (Å²) in [6, 6.07) is -2.55. The molecule has 1 aromatic heterocycles. The summed E-state index contributed by atoms with van der Waals surface area (Å²) in [5.74, 6) is -6.00. The van der Waals surface area contributed by atoms with Crippen molar-refractivity contribution in [1.82, 2.24) is 52.1 Å². The smallest absolute Gasteiger partial charge is 0.245 e. The van der Waals surface area contributed by atoms with E-state index in [1.54, 1.807) is 31.6 Å². The van der Waals surface area contributed by atoms with Crippen LogP contribution < -0.4 is 60.2 Å². The molecule has 18 N–H and O–H groups in total. The average Bonchev–Trinajstić information content (AvgIpc) is 4.11. The summed E-state index contributed by atoms with van der Waals surface area (Å²) in [6.45, 7) is 7.97. The van der Waals surface area contributed by atoms with E-state index in [4.69, 9.17) is 28.3 Å². The van der Waals surface area contributed by atoms with Crippen LogP contribution in [-0.2, 0) is 56.0 Å². The number of primary amides is 1. The number of benzene rings is 1. The minimum absolute atomic E-state index is 0.0102. The number of nitrogens with zero attached hydrogens (tertiary/aromatic N) is 2. The number of H-pyrrole nitrogens is 1. The van der Waals surface area contributed by atoms with Crippen LogP contribution in [0.5, 0.6) is 5.75 Å². The second-order valence-electron chi connectivity index (χ2n) is 20.5. The van der Waals surface area contributed by atoms with Crippen LogP contribution in [0.1, 0.15) is 142 Å². The Morgan fingerprint density at radius 2 is 1.21 bits per heavy atom. The fourth-order valence-corrected chi connectivity index (χ4v) is 9.06. The molecule has 25 nitrogen and oxygen atoms in total. The number of rotatable bonds is 37. The Labute approximate surface area is 457 Å². The molecule has 0 unspecified atom stereocenters. The predicted octanol–water partition coefficient (Wildman–Crippen LogP) is -0.219. The first-order chi connectivity index (χ1) is 37.1. The number of nitrogens with two attached hydrogens (primary N) is 4. The maximum Gasteiger partial charge on any atom is 0.245 e. The second kappa shape index (κ2) is 34.6. The zero-order valence-electron chi connectivity index (χ0n) is 45.8. The van der Waals surface area contributed by atoms with E-state index >= 15 is 0 Å². The molecule has 9 amide bonds. The molecule has 2 heterocycles. The monoisotopic (exact) mass is 1090 g/mol. The van der Waals surface area contributed by atoms with Crippen LogP contribution >= 0.6 is 0 Å². The summed E-state index contributed by atoms with van der Waals surface area (Å²) in [4.78, 5) is 132. The molecule has 1 aromatic carbocycles. The number of aromatic hydroxyl groups is 1. The normalized spacial score (nSPS) is 15.8. The van der Waals surface area contributed by atoms with Crippen molar-refractivity contribution in [3.63, 3.8) is 0 Å². The molecule has 2 aromatic rings. The van der Waals surface area contributed by atoms with Gasteiger partial charge in [0.05, 0.1) is 12.2 Å². The van der Waals surface area contributed by atoms with Crippen molar-refractivity contribution in [3.8, 4) is 5.75 Å². The summed E-state index contributed by atoms with van der Waals surface area (Å²) in [5.41, 5.74) is 24.1. The molecule has 3 rings (SSSR count). The third-order valence-corrected chi connectivity index (χ3v) is 13.3. The lowest BCUT2D eigenvalue weighted by Crippen LogP contribution is -2.60. The van der Waals surface area contributed by atoms with Gasteiger partial charge < -0.3 is 75.1 Å². The number of carbonyl (C=O) groups is 9. The van der Waals surface area contributed by atoms with Crippen LogP contribution in [0.4, 0.5) is 0 Å². The highest BCUT2D eigenvalue weighted by Gasteiger charge is 2.39. The number of aromatic amines is 1. The number of unbranched alkanes of at least 4 members (excludes halogenated alkanes) is 3. The van der Waals surface area contributed by atoms with Gasteiger partial charge in [0.1, 0.15) is 48.0 Å². The molecule has 0 radical (unpaired) electrons. The Kier molecular flexibility index (Phi) is 28.9. The summed E-state index contributed by atoms with van der Waals surface area (Å²) in [5, 5.41) is 36.9. The van der Waals surface area contributed by atoms with Crippen molar-refractivity contribution in [3.05, 3.63) is 48.0 Å². The minimum Gasteiger partial charge on any atom is -0.508 e. The zero-order chi connectivity index (χ0) is 57.7. The van der Waals surface area contributed by atoms with Gasteiger partial charge in [-0.25, -0.2) is 4.98 Å².